The number of carbonyl (C=O) groups excluding carboxylic acids is 1. The predicted octanol–water partition coefficient (Wildman–Crippen LogP) is 3.15. The molecule has 2 rings (SSSR count). The summed E-state index contributed by atoms with van der Waals surface area (Å²) in [5.41, 5.74) is 2.36. The molecule has 1 aromatic carbocycles. The molecule has 0 aliphatic rings. The summed E-state index contributed by atoms with van der Waals surface area (Å²) in [4.78, 5) is 15.9. The van der Waals surface area contributed by atoms with Gasteiger partial charge < -0.3 is 9.47 Å². The highest BCUT2D eigenvalue weighted by Crippen LogP contribution is 2.14. The van der Waals surface area contributed by atoms with E-state index in [1.165, 1.54) is 0 Å². The fraction of sp³-hybridized carbons (Fsp3) is 0.250. The van der Waals surface area contributed by atoms with Gasteiger partial charge in [0, 0.05) is 5.69 Å². The Kier molecular flexibility index (Phi) is 4.71. The number of aryl methyl sites for hydroxylation is 1. The second-order valence-corrected chi connectivity index (χ2v) is 4.30. The van der Waals surface area contributed by atoms with Crippen LogP contribution in [0.1, 0.15) is 28.7 Å². The van der Waals surface area contributed by atoms with Crippen molar-refractivity contribution < 1.29 is 14.3 Å². The first-order valence-corrected chi connectivity index (χ1v) is 6.51. The fourth-order valence-electron chi connectivity index (χ4n) is 1.74. The first kappa shape index (κ1) is 14.1. The van der Waals surface area contributed by atoms with E-state index in [-0.39, 0.29) is 5.97 Å². The Bertz CT molecular complexity index is 579. The summed E-state index contributed by atoms with van der Waals surface area (Å²) in [7, 11) is 0. The van der Waals surface area contributed by atoms with Crippen molar-refractivity contribution in [3.8, 4) is 5.75 Å². The van der Waals surface area contributed by atoms with Gasteiger partial charge in [0.05, 0.1) is 17.9 Å². The molecule has 0 saturated carbocycles. The van der Waals surface area contributed by atoms with Crippen LogP contribution in [0.15, 0.2) is 42.5 Å². The van der Waals surface area contributed by atoms with Crippen molar-refractivity contribution in [3.63, 3.8) is 0 Å². The van der Waals surface area contributed by atoms with Crippen molar-refractivity contribution in [2.24, 2.45) is 0 Å². The van der Waals surface area contributed by atoms with Gasteiger partial charge in [0.2, 0.25) is 0 Å². The van der Waals surface area contributed by atoms with Gasteiger partial charge in [-0.3, -0.25) is 4.98 Å². The lowest BCUT2D eigenvalue weighted by atomic mass is 10.2. The molecule has 1 aromatic heterocycles. The molecule has 20 heavy (non-hydrogen) atoms. The number of hydrogen-bond donors (Lipinski definition) is 0. The Morgan fingerprint density at radius 2 is 1.90 bits per heavy atom. The Labute approximate surface area is 118 Å². The summed E-state index contributed by atoms with van der Waals surface area (Å²) in [6, 6.07) is 12.7. The Morgan fingerprint density at radius 1 is 1.15 bits per heavy atom. The first-order chi connectivity index (χ1) is 9.69. The lowest BCUT2D eigenvalue weighted by Gasteiger charge is -2.07. The third kappa shape index (κ3) is 3.82. The summed E-state index contributed by atoms with van der Waals surface area (Å²) in [5.74, 6) is 0.376. The minimum Gasteiger partial charge on any atom is -0.487 e. The Hall–Kier alpha value is -2.36. The highest BCUT2D eigenvalue weighted by molar-refractivity contribution is 5.89. The largest absolute Gasteiger partial charge is 0.487 e. The minimum atomic E-state index is -0.320. The fourth-order valence-corrected chi connectivity index (χ4v) is 1.74. The smallest absolute Gasteiger partial charge is 0.338 e. The molecule has 0 spiro atoms. The van der Waals surface area contributed by atoms with Crippen LogP contribution >= 0.6 is 0 Å². The van der Waals surface area contributed by atoms with E-state index in [4.69, 9.17) is 9.47 Å². The minimum absolute atomic E-state index is 0.320. The van der Waals surface area contributed by atoms with Crippen molar-refractivity contribution in [2.75, 3.05) is 6.61 Å². The molecule has 0 unspecified atom stereocenters. The van der Waals surface area contributed by atoms with Crippen molar-refractivity contribution in [1.29, 1.82) is 0 Å². The number of aromatic nitrogens is 1. The molecule has 0 saturated heterocycles. The molecule has 0 aliphatic carbocycles. The number of rotatable bonds is 5. The van der Waals surface area contributed by atoms with E-state index >= 15 is 0 Å². The van der Waals surface area contributed by atoms with E-state index in [9.17, 15) is 4.79 Å². The maximum atomic E-state index is 11.5. The van der Waals surface area contributed by atoms with Gasteiger partial charge in [0.25, 0.3) is 0 Å². The number of esters is 1. The van der Waals surface area contributed by atoms with Crippen LogP contribution in [0.4, 0.5) is 0 Å². The molecule has 1 heterocycles. The maximum absolute atomic E-state index is 11.5. The first-order valence-electron chi connectivity index (χ1n) is 6.51. The molecule has 4 nitrogen and oxygen atoms in total. The van der Waals surface area contributed by atoms with Crippen LogP contribution in [0.2, 0.25) is 0 Å². The molecule has 2 aromatic rings. The van der Waals surface area contributed by atoms with Crippen LogP contribution in [-0.2, 0) is 11.3 Å². The summed E-state index contributed by atoms with van der Waals surface area (Å²) in [6.45, 7) is 4.50. The maximum Gasteiger partial charge on any atom is 0.338 e. The Balaban J connectivity index is 1.95. The zero-order valence-corrected chi connectivity index (χ0v) is 11.6. The van der Waals surface area contributed by atoms with Crippen molar-refractivity contribution in [3.05, 3.63) is 59.4 Å². The van der Waals surface area contributed by atoms with Crippen LogP contribution in [0.25, 0.3) is 0 Å². The van der Waals surface area contributed by atoms with Gasteiger partial charge in [-0.15, -0.1) is 0 Å². The van der Waals surface area contributed by atoms with E-state index in [2.05, 4.69) is 4.98 Å². The lowest BCUT2D eigenvalue weighted by Crippen LogP contribution is -2.04. The topological polar surface area (TPSA) is 48.4 Å². The highest BCUT2D eigenvalue weighted by Gasteiger charge is 2.06. The van der Waals surface area contributed by atoms with Crippen molar-refractivity contribution in [2.45, 2.75) is 20.5 Å². The lowest BCUT2D eigenvalue weighted by molar-refractivity contribution is 0.0526. The van der Waals surface area contributed by atoms with Gasteiger partial charge in [-0.2, -0.15) is 0 Å². The second kappa shape index (κ2) is 6.70. The molecule has 0 bridgehead atoms. The van der Waals surface area contributed by atoms with Gasteiger partial charge in [-0.1, -0.05) is 6.07 Å². The number of carbonyl (C=O) groups is 1. The van der Waals surface area contributed by atoms with Crippen LogP contribution in [0.3, 0.4) is 0 Å². The molecule has 0 fully saturated rings. The van der Waals surface area contributed by atoms with Crippen molar-refractivity contribution >= 4 is 5.97 Å². The highest BCUT2D eigenvalue weighted by atomic mass is 16.5. The molecule has 0 radical (unpaired) electrons. The van der Waals surface area contributed by atoms with Gasteiger partial charge in [0.15, 0.2) is 0 Å². The molecule has 0 N–H and O–H groups in total. The monoisotopic (exact) mass is 271 g/mol. The van der Waals surface area contributed by atoms with Crippen LogP contribution in [0.5, 0.6) is 5.75 Å². The normalized spacial score (nSPS) is 10.1. The molecule has 0 aliphatic heterocycles. The SMILES string of the molecule is CCOC(=O)c1ccc(OCc2cccc(C)n2)cc1. The van der Waals surface area contributed by atoms with Crippen molar-refractivity contribution in [1.82, 2.24) is 4.98 Å². The number of ether oxygens (including phenoxy) is 2. The second-order valence-electron chi connectivity index (χ2n) is 4.30. The molecule has 0 atom stereocenters. The zero-order chi connectivity index (χ0) is 14.4. The van der Waals surface area contributed by atoms with Crippen LogP contribution in [-0.4, -0.2) is 17.6 Å². The molecule has 104 valence electrons. The van der Waals surface area contributed by atoms with Gasteiger partial charge in [-0.25, -0.2) is 4.79 Å². The number of benzene rings is 1. The number of pyridine rings is 1. The number of nitrogens with zero attached hydrogens (tertiary/aromatic N) is 1. The average Bonchev–Trinajstić information content (AvgIpc) is 2.46. The van der Waals surface area contributed by atoms with Gasteiger partial charge >= 0.3 is 5.97 Å². The molecular formula is C16H17NO3. The quantitative estimate of drug-likeness (QED) is 0.784. The molecular weight excluding hydrogens is 254 g/mol. The van der Waals surface area contributed by atoms with E-state index in [1.807, 2.05) is 25.1 Å². The van der Waals surface area contributed by atoms with E-state index in [0.29, 0.717) is 24.5 Å². The van der Waals surface area contributed by atoms with Gasteiger partial charge in [-0.05, 0) is 50.2 Å². The van der Waals surface area contributed by atoms with E-state index in [1.54, 1.807) is 31.2 Å². The average molecular weight is 271 g/mol. The van der Waals surface area contributed by atoms with E-state index in [0.717, 1.165) is 11.4 Å². The summed E-state index contributed by atoms with van der Waals surface area (Å²) < 4.78 is 10.5. The summed E-state index contributed by atoms with van der Waals surface area (Å²) in [5, 5.41) is 0. The molecule has 0 amide bonds. The third-order valence-corrected chi connectivity index (χ3v) is 2.70. The van der Waals surface area contributed by atoms with Crippen LogP contribution < -0.4 is 4.74 Å². The summed E-state index contributed by atoms with van der Waals surface area (Å²) in [6.07, 6.45) is 0. The third-order valence-electron chi connectivity index (χ3n) is 2.70. The Morgan fingerprint density at radius 3 is 2.55 bits per heavy atom. The standard InChI is InChI=1S/C16H17NO3/c1-3-19-16(18)13-7-9-15(10-8-13)20-11-14-6-4-5-12(2)17-14/h4-10H,3,11H2,1-2H3. The van der Waals surface area contributed by atoms with Gasteiger partial charge in [0.1, 0.15) is 12.4 Å². The number of hydrogen-bond acceptors (Lipinski definition) is 4. The van der Waals surface area contributed by atoms with E-state index < -0.39 is 0 Å². The van der Waals surface area contributed by atoms with Crippen LogP contribution in [0, 0.1) is 6.92 Å². The molecule has 4 heteroatoms. The summed E-state index contributed by atoms with van der Waals surface area (Å²) >= 11 is 0. The predicted molar refractivity (Wildman–Crippen MR) is 75.7 cm³/mol. The zero-order valence-electron chi connectivity index (χ0n) is 11.6.